The minimum Gasteiger partial charge on any atom is -0.328 e. The van der Waals surface area contributed by atoms with Crippen molar-refractivity contribution in [2.45, 2.75) is 53.5 Å². The molecule has 1 aromatic heterocycles. The number of hydrogen-bond donors (Lipinski definition) is 0. The van der Waals surface area contributed by atoms with Crippen LogP contribution in [-0.4, -0.2) is 42.4 Å². The third-order valence-corrected chi connectivity index (χ3v) is 6.53. The first-order valence-corrected chi connectivity index (χ1v) is 10.2. The van der Waals surface area contributed by atoms with Crippen LogP contribution in [0.5, 0.6) is 0 Å². The Balaban J connectivity index is 2.55. The Labute approximate surface area is 151 Å². The van der Waals surface area contributed by atoms with Gasteiger partial charge in [0.05, 0.1) is 16.7 Å². The van der Waals surface area contributed by atoms with Gasteiger partial charge in [-0.25, -0.2) is 4.98 Å². The zero-order chi connectivity index (χ0) is 19.0. The van der Waals surface area contributed by atoms with Crippen LogP contribution in [0.2, 0.25) is 0 Å². The molecule has 25 heavy (non-hydrogen) atoms. The first-order valence-electron chi connectivity index (χ1n) is 8.82. The molecule has 0 saturated heterocycles. The molecule has 0 aliphatic rings. The van der Waals surface area contributed by atoms with Crippen LogP contribution in [0.3, 0.4) is 0 Å². The van der Waals surface area contributed by atoms with Gasteiger partial charge in [-0.05, 0) is 25.1 Å². The Hall–Kier alpha value is -1.60. The number of imidazole rings is 1. The molecule has 0 atom stereocenters. The Morgan fingerprint density at radius 2 is 1.72 bits per heavy atom. The maximum atomic E-state index is 12.7. The third kappa shape index (κ3) is 3.53. The Morgan fingerprint density at radius 1 is 1.12 bits per heavy atom. The predicted molar refractivity (Wildman–Crippen MR) is 104 cm³/mol. The fourth-order valence-corrected chi connectivity index (χ4v) is 4.44. The summed E-state index contributed by atoms with van der Waals surface area (Å²) in [6.45, 7) is 13.9. The quantitative estimate of drug-likeness (QED) is 0.787. The summed E-state index contributed by atoms with van der Waals surface area (Å²) >= 11 is 0. The molecule has 0 aliphatic carbocycles. The maximum absolute atomic E-state index is 12.7. The van der Waals surface area contributed by atoms with Gasteiger partial charge in [0, 0.05) is 32.1 Å². The molecule has 0 N–H and O–H groups in total. The number of benzene rings is 1. The summed E-state index contributed by atoms with van der Waals surface area (Å²) < 4.78 is 30.5. The fraction of sp³-hybridized carbons (Fsp3) is 0.611. The van der Waals surface area contributed by atoms with Gasteiger partial charge in [0.2, 0.25) is 0 Å². The normalized spacial score (nSPS) is 13.0. The lowest BCUT2D eigenvalue weighted by Gasteiger charge is -2.26. The highest BCUT2D eigenvalue weighted by Crippen LogP contribution is 2.29. The number of anilines is 1. The average Bonchev–Trinajstić information content (AvgIpc) is 2.92. The second-order valence-corrected chi connectivity index (χ2v) is 9.12. The van der Waals surface area contributed by atoms with Crippen molar-refractivity contribution in [3.8, 4) is 0 Å². The molecular formula is C18H30N4O2S. The minimum atomic E-state index is -3.53. The van der Waals surface area contributed by atoms with E-state index in [1.54, 1.807) is 7.05 Å². The topological polar surface area (TPSA) is 58.4 Å². The fourth-order valence-electron chi connectivity index (χ4n) is 3.06. The molecular weight excluding hydrogens is 336 g/mol. The summed E-state index contributed by atoms with van der Waals surface area (Å²) in [5.41, 5.74) is 2.41. The smallest absolute Gasteiger partial charge is 0.303 e. The largest absolute Gasteiger partial charge is 0.328 e. The van der Waals surface area contributed by atoms with Gasteiger partial charge >= 0.3 is 10.2 Å². The Bertz CT molecular complexity index is 846. The van der Waals surface area contributed by atoms with E-state index in [4.69, 9.17) is 4.98 Å². The number of aromatic nitrogens is 2. The van der Waals surface area contributed by atoms with Gasteiger partial charge in [-0.2, -0.15) is 12.7 Å². The predicted octanol–water partition coefficient (Wildman–Crippen LogP) is 3.38. The van der Waals surface area contributed by atoms with E-state index in [0.29, 0.717) is 18.8 Å². The van der Waals surface area contributed by atoms with Crippen LogP contribution in [0.1, 0.15) is 47.4 Å². The van der Waals surface area contributed by atoms with Crippen LogP contribution in [0.25, 0.3) is 11.0 Å². The SMILES string of the molecule is CCN(CC)S(=O)(=O)N(C)c1ccc2c(c1)nc(C(C)(C)C)n2CC. The van der Waals surface area contributed by atoms with E-state index in [2.05, 4.69) is 32.3 Å². The average molecular weight is 367 g/mol. The minimum absolute atomic E-state index is 0.0750. The van der Waals surface area contributed by atoms with E-state index in [1.807, 2.05) is 32.0 Å². The highest BCUT2D eigenvalue weighted by atomic mass is 32.2. The number of aryl methyl sites for hydroxylation is 1. The molecule has 0 unspecified atom stereocenters. The molecule has 0 aliphatic heterocycles. The van der Waals surface area contributed by atoms with Crippen molar-refractivity contribution in [1.82, 2.24) is 13.9 Å². The molecule has 0 bridgehead atoms. The zero-order valence-electron chi connectivity index (χ0n) is 16.4. The third-order valence-electron chi connectivity index (χ3n) is 4.46. The van der Waals surface area contributed by atoms with Crippen LogP contribution in [0, 0.1) is 0 Å². The monoisotopic (exact) mass is 366 g/mol. The summed E-state index contributed by atoms with van der Waals surface area (Å²) in [4.78, 5) is 4.79. The second kappa shape index (κ2) is 6.96. The van der Waals surface area contributed by atoms with Gasteiger partial charge in [-0.1, -0.05) is 34.6 Å². The van der Waals surface area contributed by atoms with Crippen LogP contribution in [0.15, 0.2) is 18.2 Å². The van der Waals surface area contributed by atoms with Gasteiger partial charge in [0.15, 0.2) is 0 Å². The summed E-state index contributed by atoms with van der Waals surface area (Å²) in [5.74, 6) is 1.01. The number of hydrogen-bond acceptors (Lipinski definition) is 3. The lowest BCUT2D eigenvalue weighted by Crippen LogP contribution is -2.41. The molecule has 0 saturated carbocycles. The van der Waals surface area contributed by atoms with E-state index in [9.17, 15) is 8.42 Å². The summed E-state index contributed by atoms with van der Waals surface area (Å²) in [6, 6.07) is 5.67. The van der Waals surface area contributed by atoms with Crippen LogP contribution in [-0.2, 0) is 22.2 Å². The highest BCUT2D eigenvalue weighted by Gasteiger charge is 2.26. The van der Waals surface area contributed by atoms with E-state index in [0.717, 1.165) is 23.4 Å². The van der Waals surface area contributed by atoms with Gasteiger partial charge in [-0.3, -0.25) is 4.31 Å². The number of nitrogens with zero attached hydrogens (tertiary/aromatic N) is 4. The lowest BCUT2D eigenvalue weighted by molar-refractivity contribution is 0.444. The summed E-state index contributed by atoms with van der Waals surface area (Å²) in [5, 5.41) is 0. The van der Waals surface area contributed by atoms with Crippen LogP contribution < -0.4 is 4.31 Å². The van der Waals surface area contributed by atoms with Crippen molar-refractivity contribution in [2.75, 3.05) is 24.4 Å². The first-order chi connectivity index (χ1) is 11.6. The summed E-state index contributed by atoms with van der Waals surface area (Å²) in [6.07, 6.45) is 0. The lowest BCUT2D eigenvalue weighted by atomic mass is 9.96. The molecule has 2 aromatic rings. The molecule has 7 heteroatoms. The van der Waals surface area contributed by atoms with Crippen molar-refractivity contribution < 1.29 is 8.42 Å². The van der Waals surface area contributed by atoms with Crippen molar-refractivity contribution >= 4 is 26.9 Å². The van der Waals surface area contributed by atoms with Gasteiger partial charge in [0.1, 0.15) is 5.82 Å². The first kappa shape index (κ1) is 19.7. The van der Waals surface area contributed by atoms with Gasteiger partial charge < -0.3 is 4.57 Å². The van der Waals surface area contributed by atoms with E-state index in [-0.39, 0.29) is 5.41 Å². The number of fused-ring (bicyclic) bond motifs is 1. The van der Waals surface area contributed by atoms with Crippen LogP contribution >= 0.6 is 0 Å². The van der Waals surface area contributed by atoms with E-state index < -0.39 is 10.2 Å². The summed E-state index contributed by atoms with van der Waals surface area (Å²) in [7, 11) is -1.93. The van der Waals surface area contributed by atoms with Gasteiger partial charge in [0.25, 0.3) is 0 Å². The molecule has 1 heterocycles. The molecule has 0 amide bonds. The standard InChI is InChI=1S/C18H30N4O2S/c1-8-21(9-2)25(23,24)20(7)14-11-12-16-15(13-14)19-17(18(4,5)6)22(16)10-3/h11-13H,8-10H2,1-7H3. The molecule has 0 radical (unpaired) electrons. The highest BCUT2D eigenvalue weighted by molar-refractivity contribution is 7.90. The van der Waals surface area contributed by atoms with Gasteiger partial charge in [-0.15, -0.1) is 0 Å². The van der Waals surface area contributed by atoms with E-state index >= 15 is 0 Å². The van der Waals surface area contributed by atoms with Crippen molar-refractivity contribution in [2.24, 2.45) is 0 Å². The van der Waals surface area contributed by atoms with Crippen LogP contribution in [0.4, 0.5) is 5.69 Å². The molecule has 140 valence electrons. The Morgan fingerprint density at radius 3 is 2.20 bits per heavy atom. The van der Waals surface area contributed by atoms with Crippen molar-refractivity contribution in [3.63, 3.8) is 0 Å². The molecule has 6 nitrogen and oxygen atoms in total. The second-order valence-electron chi connectivity index (χ2n) is 7.16. The van der Waals surface area contributed by atoms with Crippen molar-refractivity contribution in [3.05, 3.63) is 24.0 Å². The Kier molecular flexibility index (Phi) is 5.49. The van der Waals surface area contributed by atoms with E-state index in [1.165, 1.54) is 8.61 Å². The van der Waals surface area contributed by atoms with Crippen molar-refractivity contribution in [1.29, 1.82) is 0 Å². The number of rotatable bonds is 6. The molecule has 1 aromatic carbocycles. The molecule has 2 rings (SSSR count). The zero-order valence-corrected chi connectivity index (χ0v) is 17.2. The molecule has 0 fully saturated rings. The maximum Gasteiger partial charge on any atom is 0.303 e. The molecule has 0 spiro atoms.